The van der Waals surface area contributed by atoms with Gasteiger partial charge in [-0.1, -0.05) is 0 Å². The van der Waals surface area contributed by atoms with Gasteiger partial charge in [-0.25, -0.2) is 9.97 Å². The van der Waals surface area contributed by atoms with E-state index < -0.39 is 36.7 Å². The van der Waals surface area contributed by atoms with Gasteiger partial charge in [0, 0.05) is 0 Å². The molecule has 1 aliphatic heterocycles. The van der Waals surface area contributed by atoms with Crippen LogP contribution in [0.5, 0.6) is 0 Å². The number of ether oxygens (including phenoxy) is 1. The molecule has 1 aliphatic rings. The Balaban J connectivity index is 1.97. The van der Waals surface area contributed by atoms with Gasteiger partial charge in [-0.15, -0.1) is 13.2 Å². The average Bonchev–Trinajstić information content (AvgIpc) is 2.97. The lowest BCUT2D eigenvalue weighted by molar-refractivity contribution is -0.247. The summed E-state index contributed by atoms with van der Waals surface area (Å²) in [5.41, 5.74) is -0.203. The first-order chi connectivity index (χ1) is 11.5. The van der Waals surface area contributed by atoms with Crippen LogP contribution in [0.15, 0.2) is 11.1 Å². The van der Waals surface area contributed by atoms with E-state index in [0.29, 0.717) is 12.2 Å². The van der Waals surface area contributed by atoms with E-state index in [1.807, 2.05) is 0 Å². The molecule has 0 saturated carbocycles. The molecule has 1 unspecified atom stereocenters. The first-order valence-corrected chi connectivity index (χ1v) is 10.9. The maximum Gasteiger partial charge on any atom is 0.279 e. The largest absolute Gasteiger partial charge is 0.385 e. The quantitative estimate of drug-likeness (QED) is 0.420. The number of hydrogen-bond donors (Lipinski definition) is 4. The van der Waals surface area contributed by atoms with Crippen LogP contribution in [-0.4, -0.2) is 78.6 Å². The van der Waals surface area contributed by atoms with Crippen molar-refractivity contribution in [3.05, 3.63) is 22.5 Å². The van der Waals surface area contributed by atoms with Crippen molar-refractivity contribution in [1.29, 1.82) is 0 Å². The van der Waals surface area contributed by atoms with Gasteiger partial charge in [-0.3, -0.25) is 9.36 Å². The number of aromatic nitrogens is 4. The number of aliphatic hydroxyl groups is 3. The molecule has 138 valence electrons. The molecule has 3 heterocycles. The van der Waals surface area contributed by atoms with E-state index in [-0.39, 0.29) is 11.2 Å². The standard InChI is InChI=1S/C15H23N4O5P/c1-8-17-12-10(13(21)18-8)16-7-19(12)14-15(22,23)11(20)9(24-14)5-6-25(2,3)4/h7,9,11,14,20,22-23H,2,5-6H2,1,3-4H3,(H,17,18,21)/t9-,11-,14?/m1/s1. The fourth-order valence-corrected chi connectivity index (χ4v) is 3.89. The lowest BCUT2D eigenvalue weighted by Gasteiger charge is -2.25. The first-order valence-electron chi connectivity index (χ1n) is 7.90. The summed E-state index contributed by atoms with van der Waals surface area (Å²) in [6.07, 6.45) is 2.97. The zero-order valence-electron chi connectivity index (χ0n) is 14.4. The number of H-pyrrole nitrogens is 1. The van der Waals surface area contributed by atoms with Gasteiger partial charge in [-0.05, 0) is 32.8 Å². The van der Waals surface area contributed by atoms with Gasteiger partial charge in [0.25, 0.3) is 5.56 Å². The predicted octanol–water partition coefficient (Wildman–Crippen LogP) is -0.533. The lowest BCUT2D eigenvalue weighted by atomic mass is 10.1. The van der Waals surface area contributed by atoms with Crippen LogP contribution in [0.2, 0.25) is 0 Å². The van der Waals surface area contributed by atoms with Crippen LogP contribution >= 0.6 is 6.89 Å². The number of nitrogens with one attached hydrogen (secondary N) is 1. The average molecular weight is 370 g/mol. The zero-order chi connectivity index (χ0) is 18.6. The summed E-state index contributed by atoms with van der Waals surface area (Å²) in [5, 5.41) is 31.1. The molecule has 9 nitrogen and oxygen atoms in total. The second-order valence-corrected chi connectivity index (χ2v) is 11.5. The molecule has 0 spiro atoms. The van der Waals surface area contributed by atoms with Gasteiger partial charge in [0.2, 0.25) is 5.79 Å². The van der Waals surface area contributed by atoms with Crippen LogP contribution in [-0.2, 0) is 4.74 Å². The second-order valence-electron chi connectivity index (χ2n) is 7.18. The van der Waals surface area contributed by atoms with Crippen molar-refractivity contribution in [1.82, 2.24) is 19.5 Å². The minimum Gasteiger partial charge on any atom is -0.385 e. The van der Waals surface area contributed by atoms with Crippen LogP contribution in [0, 0.1) is 6.92 Å². The van der Waals surface area contributed by atoms with Crippen molar-refractivity contribution in [2.24, 2.45) is 0 Å². The molecule has 1 saturated heterocycles. The molecule has 1 fully saturated rings. The van der Waals surface area contributed by atoms with Crippen molar-refractivity contribution < 1.29 is 20.1 Å². The lowest BCUT2D eigenvalue weighted by Crippen LogP contribution is -2.46. The van der Waals surface area contributed by atoms with E-state index in [0.717, 1.165) is 6.16 Å². The molecule has 3 atom stereocenters. The van der Waals surface area contributed by atoms with E-state index in [4.69, 9.17) is 4.74 Å². The molecule has 0 bridgehead atoms. The molecule has 2 aromatic rings. The molecule has 2 aromatic heterocycles. The summed E-state index contributed by atoms with van der Waals surface area (Å²) in [6.45, 7) is 4.37. The van der Waals surface area contributed by atoms with Gasteiger partial charge in [0.05, 0.1) is 12.4 Å². The van der Waals surface area contributed by atoms with Crippen LogP contribution in [0.3, 0.4) is 0 Å². The SMILES string of the molecule is C=P(C)(C)CC[C@H]1OC(n2cnc3c(=O)[nH]c(C)nc32)C(O)(O)[C@@H]1O. The summed E-state index contributed by atoms with van der Waals surface area (Å²) in [6, 6.07) is 0. The smallest absolute Gasteiger partial charge is 0.279 e. The Morgan fingerprint density at radius 1 is 1.48 bits per heavy atom. The molecular formula is C15H23N4O5P. The first kappa shape index (κ1) is 18.3. The highest BCUT2D eigenvalue weighted by atomic mass is 31.2. The number of nitrogens with zero attached hydrogens (tertiary/aromatic N) is 3. The Morgan fingerprint density at radius 2 is 2.16 bits per heavy atom. The fourth-order valence-electron chi connectivity index (χ4n) is 2.94. The highest BCUT2D eigenvalue weighted by Gasteiger charge is 2.55. The van der Waals surface area contributed by atoms with Crippen LogP contribution in [0.4, 0.5) is 0 Å². The van der Waals surface area contributed by atoms with Crippen molar-refractivity contribution in [3.63, 3.8) is 0 Å². The van der Waals surface area contributed by atoms with Crippen molar-refractivity contribution in [2.75, 3.05) is 19.5 Å². The molecule has 3 rings (SSSR count). The predicted molar refractivity (Wildman–Crippen MR) is 95.3 cm³/mol. The third-order valence-corrected chi connectivity index (χ3v) is 5.75. The Kier molecular flexibility index (Phi) is 4.41. The maximum absolute atomic E-state index is 11.9. The molecule has 0 aliphatic carbocycles. The number of rotatable bonds is 4. The van der Waals surface area contributed by atoms with Crippen molar-refractivity contribution in [2.45, 2.75) is 37.6 Å². The van der Waals surface area contributed by atoms with Gasteiger partial charge in [0.15, 0.2) is 17.4 Å². The molecule has 10 heteroatoms. The maximum atomic E-state index is 11.9. The van der Waals surface area contributed by atoms with Crippen LogP contribution in [0.25, 0.3) is 11.2 Å². The van der Waals surface area contributed by atoms with E-state index in [1.165, 1.54) is 10.9 Å². The highest BCUT2D eigenvalue weighted by molar-refractivity contribution is 7.72. The Bertz CT molecular complexity index is 899. The molecule has 0 radical (unpaired) electrons. The van der Waals surface area contributed by atoms with Gasteiger partial charge in [-0.2, -0.15) is 0 Å². The highest BCUT2D eigenvalue weighted by Crippen LogP contribution is 2.42. The monoisotopic (exact) mass is 370 g/mol. The molecule has 0 amide bonds. The Hall–Kier alpha value is -1.51. The molecule has 4 N–H and O–H groups in total. The van der Waals surface area contributed by atoms with Crippen molar-refractivity contribution in [3.8, 4) is 0 Å². The summed E-state index contributed by atoms with van der Waals surface area (Å²) >= 11 is 0. The van der Waals surface area contributed by atoms with Crippen molar-refractivity contribution >= 4 is 24.3 Å². The van der Waals surface area contributed by atoms with Crippen LogP contribution < -0.4 is 5.56 Å². The number of hydrogen-bond acceptors (Lipinski definition) is 7. The molecular weight excluding hydrogens is 347 g/mol. The van der Waals surface area contributed by atoms with E-state index >= 15 is 0 Å². The van der Waals surface area contributed by atoms with Crippen LogP contribution in [0.1, 0.15) is 18.5 Å². The molecule has 25 heavy (non-hydrogen) atoms. The number of imidazole rings is 1. The molecule has 0 aromatic carbocycles. The van der Waals surface area contributed by atoms with E-state index in [1.54, 1.807) is 6.92 Å². The van der Waals surface area contributed by atoms with Gasteiger partial charge < -0.3 is 25.0 Å². The summed E-state index contributed by atoms with van der Waals surface area (Å²) < 4.78 is 7.00. The van der Waals surface area contributed by atoms with E-state index in [9.17, 15) is 20.1 Å². The minimum absolute atomic E-state index is 0.0627. The Labute approximate surface area is 144 Å². The Morgan fingerprint density at radius 3 is 2.80 bits per heavy atom. The van der Waals surface area contributed by atoms with Gasteiger partial charge >= 0.3 is 0 Å². The zero-order valence-corrected chi connectivity index (χ0v) is 15.3. The van der Waals surface area contributed by atoms with Gasteiger partial charge in [0.1, 0.15) is 11.9 Å². The second kappa shape index (κ2) is 6.03. The topological polar surface area (TPSA) is 133 Å². The summed E-state index contributed by atoms with van der Waals surface area (Å²) in [5.74, 6) is -2.17. The number of aliphatic hydroxyl groups excluding tert-OH is 1. The van der Waals surface area contributed by atoms with E-state index in [2.05, 4.69) is 34.6 Å². The summed E-state index contributed by atoms with van der Waals surface area (Å²) in [4.78, 5) is 22.6. The number of fused-ring (bicyclic) bond motifs is 1. The third-order valence-electron chi connectivity index (χ3n) is 4.28. The normalized spacial score (nSPS) is 26.4. The number of aryl methyl sites for hydroxylation is 1. The number of aromatic amines is 1. The fraction of sp³-hybridized carbons (Fsp3) is 0.600. The summed E-state index contributed by atoms with van der Waals surface area (Å²) in [7, 11) is 0. The third kappa shape index (κ3) is 3.30. The minimum atomic E-state index is -2.53.